The van der Waals surface area contributed by atoms with E-state index in [9.17, 15) is 14.8 Å². The Morgan fingerprint density at radius 3 is 2.36 bits per heavy atom. The molecule has 9 nitrogen and oxygen atoms in total. The van der Waals surface area contributed by atoms with Crippen LogP contribution in [-0.2, 0) is 11.3 Å². The highest BCUT2D eigenvalue weighted by Crippen LogP contribution is 2.29. The topological polar surface area (TPSA) is 132 Å². The van der Waals surface area contributed by atoms with E-state index in [1.807, 2.05) is 39.0 Å². The maximum atomic E-state index is 12.5. The fourth-order valence-corrected chi connectivity index (χ4v) is 4.47. The average Bonchev–Trinajstić information content (AvgIpc) is 2.81. The SMILES string of the molecule is CC(C)(C)OC(=O)NCC1CCC(CNc2cc(NCc3ccccc3Cl)[n+]([O-])cc2C(N)=O)CC1. The number of nitrogens with two attached hydrogens (primary N) is 1. The lowest BCUT2D eigenvalue weighted by molar-refractivity contribution is -0.590. The summed E-state index contributed by atoms with van der Waals surface area (Å²) in [6.45, 7) is 7.14. The zero-order valence-corrected chi connectivity index (χ0v) is 21.9. The molecule has 3 rings (SSSR count). The number of rotatable bonds is 9. The third-order valence-corrected chi connectivity index (χ3v) is 6.59. The quantitative estimate of drug-likeness (QED) is 0.287. The lowest BCUT2D eigenvalue weighted by Crippen LogP contribution is -2.36. The standard InChI is InChI=1S/C26H36ClN5O4/c1-26(2,3)36-25(34)31-14-18-10-8-17(9-11-18)13-29-22-12-23(32(35)16-20(22)24(28)33)30-15-19-6-4-5-7-21(19)27/h4-7,12,16-18,29-30H,8-11,13-15H2,1-3H3,(H2,28,33)(H,31,34). The van der Waals surface area contributed by atoms with E-state index >= 15 is 0 Å². The summed E-state index contributed by atoms with van der Waals surface area (Å²) in [5.74, 6) is 0.436. The van der Waals surface area contributed by atoms with Gasteiger partial charge in [-0.25, -0.2) is 9.52 Å². The molecule has 0 aliphatic heterocycles. The van der Waals surface area contributed by atoms with Gasteiger partial charge in [0.05, 0.1) is 11.8 Å². The van der Waals surface area contributed by atoms with E-state index in [0.717, 1.165) is 31.2 Å². The predicted octanol–water partition coefficient (Wildman–Crippen LogP) is 4.43. The number of carbonyl (C=O) groups is 2. The van der Waals surface area contributed by atoms with E-state index < -0.39 is 11.5 Å². The van der Waals surface area contributed by atoms with Crippen molar-refractivity contribution in [2.75, 3.05) is 23.7 Å². The van der Waals surface area contributed by atoms with E-state index in [1.54, 1.807) is 12.1 Å². The summed E-state index contributed by atoms with van der Waals surface area (Å²) in [5.41, 5.74) is 6.53. The van der Waals surface area contributed by atoms with Crippen LogP contribution in [0.4, 0.5) is 16.3 Å². The van der Waals surface area contributed by atoms with Crippen LogP contribution in [-0.4, -0.2) is 30.7 Å². The highest BCUT2D eigenvalue weighted by atomic mass is 35.5. The number of anilines is 2. The van der Waals surface area contributed by atoms with Crippen molar-refractivity contribution in [1.82, 2.24) is 5.32 Å². The second-order valence-electron chi connectivity index (χ2n) is 10.3. The molecule has 1 heterocycles. The first-order valence-corrected chi connectivity index (χ1v) is 12.6. The molecular weight excluding hydrogens is 482 g/mol. The minimum atomic E-state index is -0.670. The van der Waals surface area contributed by atoms with Gasteiger partial charge in [-0.2, -0.15) is 0 Å². The fraction of sp³-hybridized carbons (Fsp3) is 0.500. The summed E-state index contributed by atoms with van der Waals surface area (Å²) in [6, 6.07) is 8.99. The van der Waals surface area contributed by atoms with Gasteiger partial charge in [0.1, 0.15) is 23.9 Å². The number of hydrogen-bond donors (Lipinski definition) is 4. The number of amides is 2. The van der Waals surface area contributed by atoms with Crippen LogP contribution in [0.1, 0.15) is 62.4 Å². The molecule has 36 heavy (non-hydrogen) atoms. The van der Waals surface area contributed by atoms with Crippen molar-refractivity contribution in [3.8, 4) is 0 Å². The number of aromatic nitrogens is 1. The predicted molar refractivity (Wildman–Crippen MR) is 141 cm³/mol. The van der Waals surface area contributed by atoms with Gasteiger partial charge < -0.3 is 26.3 Å². The van der Waals surface area contributed by atoms with E-state index in [0.29, 0.717) is 52.7 Å². The summed E-state index contributed by atoms with van der Waals surface area (Å²) in [6.07, 6.45) is 4.77. The largest absolute Gasteiger partial charge is 0.711 e. The molecule has 2 amide bonds. The molecule has 2 aromatic rings. The molecule has 1 aliphatic carbocycles. The van der Waals surface area contributed by atoms with Crippen LogP contribution < -0.4 is 26.4 Å². The van der Waals surface area contributed by atoms with Gasteiger partial charge in [-0.15, -0.1) is 0 Å². The van der Waals surface area contributed by atoms with Gasteiger partial charge in [-0.3, -0.25) is 10.1 Å². The van der Waals surface area contributed by atoms with Crippen LogP contribution >= 0.6 is 11.6 Å². The zero-order valence-electron chi connectivity index (χ0n) is 21.1. The lowest BCUT2D eigenvalue weighted by atomic mass is 9.82. The number of hydrogen-bond acceptors (Lipinski definition) is 6. The van der Waals surface area contributed by atoms with E-state index in [1.165, 1.54) is 6.20 Å². The molecule has 0 saturated heterocycles. The van der Waals surface area contributed by atoms with Gasteiger partial charge in [0.15, 0.2) is 0 Å². The molecule has 1 aromatic carbocycles. The normalized spacial score (nSPS) is 17.8. The molecule has 1 fully saturated rings. The van der Waals surface area contributed by atoms with E-state index in [-0.39, 0.29) is 11.7 Å². The van der Waals surface area contributed by atoms with Gasteiger partial charge in [-0.05, 0) is 64.4 Å². The van der Waals surface area contributed by atoms with Crippen LogP contribution in [0, 0.1) is 17.0 Å². The Labute approximate surface area is 217 Å². The molecule has 10 heteroatoms. The molecule has 1 saturated carbocycles. The number of alkyl carbamates (subject to hydrolysis) is 1. The van der Waals surface area contributed by atoms with Gasteiger partial charge in [-0.1, -0.05) is 29.8 Å². The van der Waals surface area contributed by atoms with Gasteiger partial charge >= 0.3 is 6.09 Å². The smallest absolute Gasteiger partial charge is 0.407 e. The Bertz CT molecular complexity index is 1060. The molecule has 0 atom stereocenters. The van der Waals surface area contributed by atoms with Gasteiger partial charge in [0.2, 0.25) is 0 Å². The van der Waals surface area contributed by atoms with Crippen LogP contribution in [0.2, 0.25) is 5.02 Å². The Balaban J connectivity index is 1.54. The third kappa shape index (κ3) is 8.19. The van der Waals surface area contributed by atoms with Crippen LogP contribution in [0.5, 0.6) is 0 Å². The number of nitrogens with one attached hydrogen (secondary N) is 3. The number of carbonyl (C=O) groups excluding carboxylic acids is 2. The third-order valence-electron chi connectivity index (χ3n) is 6.22. The van der Waals surface area contributed by atoms with Crippen molar-refractivity contribution in [3.63, 3.8) is 0 Å². The van der Waals surface area contributed by atoms with Crippen molar-refractivity contribution < 1.29 is 19.1 Å². The monoisotopic (exact) mass is 517 g/mol. The number of primary amides is 1. The Morgan fingerprint density at radius 1 is 1.11 bits per heavy atom. The molecule has 0 bridgehead atoms. The number of halogens is 1. The number of pyridine rings is 1. The summed E-state index contributed by atoms with van der Waals surface area (Å²) in [5, 5.41) is 22.4. The van der Waals surface area contributed by atoms with Crippen molar-refractivity contribution >= 4 is 35.1 Å². The lowest BCUT2D eigenvalue weighted by Gasteiger charge is -2.29. The molecule has 5 N–H and O–H groups in total. The summed E-state index contributed by atoms with van der Waals surface area (Å²) in [4.78, 5) is 23.9. The van der Waals surface area contributed by atoms with Crippen molar-refractivity contribution in [2.24, 2.45) is 17.6 Å². The van der Waals surface area contributed by atoms with Gasteiger partial charge in [0, 0.05) is 23.7 Å². The summed E-state index contributed by atoms with van der Waals surface area (Å²) < 4.78 is 5.90. The van der Waals surface area contributed by atoms with Crippen LogP contribution in [0.25, 0.3) is 0 Å². The maximum absolute atomic E-state index is 12.5. The average molecular weight is 518 g/mol. The molecule has 1 aliphatic rings. The molecule has 0 unspecified atom stereocenters. The first-order chi connectivity index (χ1) is 17.0. The second-order valence-corrected chi connectivity index (χ2v) is 10.7. The number of ether oxygens (including phenoxy) is 1. The summed E-state index contributed by atoms with van der Waals surface area (Å²) >= 11 is 6.21. The van der Waals surface area contributed by atoms with Gasteiger partial charge in [0.25, 0.3) is 11.7 Å². The first kappa shape index (κ1) is 27.4. The van der Waals surface area contributed by atoms with E-state index in [2.05, 4.69) is 16.0 Å². The number of nitrogens with zero attached hydrogens (tertiary/aromatic N) is 1. The molecule has 196 valence electrons. The molecule has 0 radical (unpaired) electrons. The highest BCUT2D eigenvalue weighted by molar-refractivity contribution is 6.31. The fourth-order valence-electron chi connectivity index (χ4n) is 4.27. The zero-order chi connectivity index (χ0) is 26.3. The first-order valence-electron chi connectivity index (χ1n) is 12.3. The minimum Gasteiger partial charge on any atom is -0.711 e. The summed E-state index contributed by atoms with van der Waals surface area (Å²) in [7, 11) is 0. The molecule has 1 aromatic heterocycles. The van der Waals surface area contributed by atoms with E-state index in [4.69, 9.17) is 22.1 Å². The van der Waals surface area contributed by atoms with Crippen molar-refractivity contribution in [1.29, 1.82) is 0 Å². The van der Waals surface area contributed by atoms with Crippen molar-refractivity contribution in [2.45, 2.75) is 58.6 Å². The Hall–Kier alpha value is -3.20. The minimum absolute atomic E-state index is 0.142. The molecular formula is C26H36ClN5O4. The Morgan fingerprint density at radius 2 is 1.75 bits per heavy atom. The highest BCUT2D eigenvalue weighted by Gasteiger charge is 2.24. The van der Waals surface area contributed by atoms with Crippen LogP contribution in [0.15, 0.2) is 36.5 Å². The molecule has 0 spiro atoms. The van der Waals surface area contributed by atoms with Crippen molar-refractivity contribution in [3.05, 3.63) is 57.9 Å². The van der Waals surface area contributed by atoms with Crippen LogP contribution in [0.3, 0.4) is 0 Å². The second kappa shape index (κ2) is 12.2. The number of benzene rings is 1. The maximum Gasteiger partial charge on any atom is 0.407 e. The Kier molecular flexibility index (Phi) is 9.25.